The number of esters is 1. The largest absolute Gasteiger partial charge is 0.462 e. The second-order valence-electron chi connectivity index (χ2n) is 8.91. The van der Waals surface area contributed by atoms with E-state index in [1.165, 1.54) is 24.9 Å². The zero-order valence-electron chi connectivity index (χ0n) is 20.5. The summed E-state index contributed by atoms with van der Waals surface area (Å²) in [6, 6.07) is 6.72. The number of amides is 2. The maximum atomic E-state index is 13.7. The summed E-state index contributed by atoms with van der Waals surface area (Å²) in [7, 11) is -4.16. The SMILES string of the molecule is C=C1C=CN([C@@H]2S[C@H](CO[P@@](=O)(N[C@H](C)C(=O)OC(C)C)Oc3ccccc3)[C@@H](O)[C@@]2(C)O)C(=O)N1. The number of aliphatic hydroxyl groups is 2. The van der Waals surface area contributed by atoms with Gasteiger partial charge in [-0.1, -0.05) is 24.8 Å². The predicted octanol–water partition coefficient (Wildman–Crippen LogP) is 2.73. The lowest BCUT2D eigenvalue weighted by atomic mass is 9.96. The highest BCUT2D eigenvalue weighted by Gasteiger charge is 2.55. The van der Waals surface area contributed by atoms with Crippen molar-refractivity contribution < 1.29 is 38.2 Å². The third kappa shape index (κ3) is 6.70. The highest BCUT2D eigenvalue weighted by atomic mass is 32.2. The van der Waals surface area contributed by atoms with Crippen LogP contribution in [0, 0.1) is 0 Å². The fraction of sp³-hybridized carbons (Fsp3) is 0.478. The molecular weight excluding hydrogens is 509 g/mol. The second kappa shape index (κ2) is 11.4. The van der Waals surface area contributed by atoms with Gasteiger partial charge in [-0.3, -0.25) is 14.2 Å². The Kier molecular flexibility index (Phi) is 8.92. The number of nitrogens with one attached hydrogen (secondary N) is 2. The molecule has 6 atom stereocenters. The summed E-state index contributed by atoms with van der Waals surface area (Å²) in [5, 5.41) is 25.3. The molecule has 0 saturated carbocycles. The summed E-state index contributed by atoms with van der Waals surface area (Å²) in [5.74, 6) is -0.411. The third-order valence-corrected chi connectivity index (χ3v) is 8.73. The smallest absolute Gasteiger partial charge is 0.459 e. The van der Waals surface area contributed by atoms with E-state index in [9.17, 15) is 24.4 Å². The molecule has 2 aliphatic heterocycles. The normalized spacial score (nSPS) is 28.5. The van der Waals surface area contributed by atoms with Crippen LogP contribution in [0.2, 0.25) is 0 Å². The van der Waals surface area contributed by atoms with Gasteiger partial charge in [-0.25, -0.2) is 9.36 Å². The van der Waals surface area contributed by atoms with Crippen LogP contribution in [0.15, 0.2) is 54.9 Å². The van der Waals surface area contributed by atoms with Crippen LogP contribution in [-0.2, 0) is 18.6 Å². The van der Waals surface area contributed by atoms with Crippen LogP contribution in [-0.4, -0.2) is 68.2 Å². The van der Waals surface area contributed by atoms with Gasteiger partial charge in [0.2, 0.25) is 0 Å². The summed E-state index contributed by atoms with van der Waals surface area (Å²) in [6.45, 7) is 9.59. The number of ether oxygens (including phenoxy) is 1. The van der Waals surface area contributed by atoms with Gasteiger partial charge < -0.3 is 24.8 Å². The minimum atomic E-state index is -4.16. The van der Waals surface area contributed by atoms with Crippen molar-refractivity contribution in [2.45, 2.75) is 62.2 Å². The summed E-state index contributed by atoms with van der Waals surface area (Å²) >= 11 is 1.08. The number of benzene rings is 1. The molecule has 11 nitrogen and oxygen atoms in total. The molecule has 0 aliphatic carbocycles. The molecule has 0 radical (unpaired) electrons. The summed E-state index contributed by atoms with van der Waals surface area (Å²) in [5.41, 5.74) is -1.32. The summed E-state index contributed by atoms with van der Waals surface area (Å²) in [4.78, 5) is 26.0. The fourth-order valence-corrected chi connectivity index (χ4v) is 6.78. The molecular formula is C23H32N3O8PS. The van der Waals surface area contributed by atoms with Crippen LogP contribution in [0.1, 0.15) is 27.7 Å². The maximum Gasteiger partial charge on any atom is 0.459 e. The zero-order chi connectivity index (χ0) is 26.7. The molecule has 198 valence electrons. The molecule has 1 fully saturated rings. The Morgan fingerprint density at radius 1 is 1.33 bits per heavy atom. The van der Waals surface area contributed by atoms with Crippen LogP contribution >= 0.6 is 19.5 Å². The number of nitrogens with zero attached hydrogens (tertiary/aromatic N) is 1. The molecule has 3 rings (SSSR count). The van der Waals surface area contributed by atoms with Crippen LogP contribution in [0.3, 0.4) is 0 Å². The number of urea groups is 1. The first-order valence-electron chi connectivity index (χ1n) is 11.3. The monoisotopic (exact) mass is 541 g/mol. The lowest BCUT2D eigenvalue weighted by Crippen LogP contribution is -2.55. The van der Waals surface area contributed by atoms with E-state index in [1.54, 1.807) is 50.3 Å². The number of allylic oxidation sites excluding steroid dienone is 1. The first-order valence-corrected chi connectivity index (χ1v) is 13.8. The van der Waals surface area contributed by atoms with Gasteiger partial charge in [-0.15, -0.1) is 11.8 Å². The predicted molar refractivity (Wildman–Crippen MR) is 135 cm³/mol. The van der Waals surface area contributed by atoms with E-state index >= 15 is 0 Å². The molecule has 1 saturated heterocycles. The molecule has 2 amide bonds. The van der Waals surface area contributed by atoms with Crippen LogP contribution < -0.4 is 14.9 Å². The van der Waals surface area contributed by atoms with Gasteiger partial charge in [0.05, 0.1) is 24.1 Å². The van der Waals surface area contributed by atoms with E-state index in [2.05, 4.69) is 17.0 Å². The van der Waals surface area contributed by atoms with Gasteiger partial charge in [-0.05, 0) is 45.9 Å². The Morgan fingerprint density at radius 2 is 2.00 bits per heavy atom. The topological polar surface area (TPSA) is 147 Å². The van der Waals surface area contributed by atoms with Crippen molar-refractivity contribution in [3.05, 3.63) is 54.9 Å². The summed E-state index contributed by atoms with van der Waals surface area (Å²) < 4.78 is 30.1. The van der Waals surface area contributed by atoms with Gasteiger partial charge in [0.15, 0.2) is 0 Å². The van der Waals surface area contributed by atoms with Crippen molar-refractivity contribution >= 4 is 31.5 Å². The van der Waals surface area contributed by atoms with Crippen molar-refractivity contribution in [2.75, 3.05) is 6.61 Å². The van der Waals surface area contributed by atoms with E-state index in [1.807, 2.05) is 0 Å². The number of para-hydroxylation sites is 1. The van der Waals surface area contributed by atoms with Crippen LogP contribution in [0.4, 0.5) is 4.79 Å². The zero-order valence-corrected chi connectivity index (χ0v) is 22.2. The number of aliphatic hydroxyl groups excluding tert-OH is 1. The van der Waals surface area contributed by atoms with E-state index in [0.717, 1.165) is 11.8 Å². The molecule has 0 spiro atoms. The first-order chi connectivity index (χ1) is 16.8. The maximum absolute atomic E-state index is 13.7. The number of hydrogen-bond acceptors (Lipinski definition) is 9. The van der Waals surface area contributed by atoms with E-state index < -0.39 is 48.1 Å². The Labute approximate surface area is 214 Å². The minimum absolute atomic E-state index is 0.234. The van der Waals surface area contributed by atoms with Gasteiger partial charge >= 0.3 is 19.7 Å². The van der Waals surface area contributed by atoms with Crippen LogP contribution in [0.25, 0.3) is 0 Å². The first kappa shape index (κ1) is 28.2. The highest BCUT2D eigenvalue weighted by molar-refractivity contribution is 8.01. The number of carbonyl (C=O) groups excluding carboxylic acids is 2. The van der Waals surface area contributed by atoms with Crippen molar-refractivity contribution in [3.63, 3.8) is 0 Å². The molecule has 0 bridgehead atoms. The molecule has 1 aromatic carbocycles. The van der Waals surface area contributed by atoms with Crippen LogP contribution in [0.5, 0.6) is 5.75 Å². The van der Waals surface area contributed by atoms with Gasteiger partial charge in [0.25, 0.3) is 0 Å². The number of carbonyl (C=O) groups is 2. The average Bonchev–Trinajstić information content (AvgIpc) is 3.01. The van der Waals surface area contributed by atoms with Crippen molar-refractivity contribution in [1.82, 2.24) is 15.3 Å². The average molecular weight is 542 g/mol. The molecule has 13 heteroatoms. The molecule has 4 N–H and O–H groups in total. The molecule has 0 unspecified atom stereocenters. The van der Waals surface area contributed by atoms with Gasteiger partial charge in [-0.2, -0.15) is 5.09 Å². The Hall–Kier alpha value is -2.34. The third-order valence-electron chi connectivity index (χ3n) is 5.38. The number of rotatable bonds is 10. The number of thioether (sulfide) groups is 1. The van der Waals surface area contributed by atoms with E-state index in [0.29, 0.717) is 5.70 Å². The molecule has 2 heterocycles. The highest BCUT2D eigenvalue weighted by Crippen LogP contribution is 2.49. The molecule has 36 heavy (non-hydrogen) atoms. The lowest BCUT2D eigenvalue weighted by Gasteiger charge is -2.36. The lowest BCUT2D eigenvalue weighted by molar-refractivity contribution is -0.149. The Bertz CT molecular complexity index is 1050. The van der Waals surface area contributed by atoms with E-state index in [-0.39, 0.29) is 18.5 Å². The number of hydrogen-bond donors (Lipinski definition) is 4. The Morgan fingerprint density at radius 3 is 2.61 bits per heavy atom. The quantitative estimate of drug-likeness (QED) is 0.258. The Balaban J connectivity index is 1.76. The summed E-state index contributed by atoms with van der Waals surface area (Å²) in [6.07, 6.45) is 1.32. The fourth-order valence-electron chi connectivity index (χ4n) is 3.55. The second-order valence-corrected chi connectivity index (χ2v) is 11.9. The standard InChI is InChI=1S/C23H32N3O8PS/c1-14(2)33-20(28)16(4)25-35(31,34-17-9-7-6-8-10-17)32-13-18-19(27)23(5,30)21(36-18)26-12-11-15(3)24-22(26)29/h6-12,14,16,18-19,21,27,30H,3,13H2,1-2,4-5H3,(H,24,29)(H,25,31)/t16-,18-,19-,21-,23-,35+/m1/s1. The van der Waals surface area contributed by atoms with Crippen molar-refractivity contribution in [2.24, 2.45) is 0 Å². The van der Waals surface area contributed by atoms with Gasteiger partial charge in [0.1, 0.15) is 22.8 Å². The molecule has 0 aromatic heterocycles. The minimum Gasteiger partial charge on any atom is -0.462 e. The van der Waals surface area contributed by atoms with Gasteiger partial charge in [0, 0.05) is 11.9 Å². The van der Waals surface area contributed by atoms with Crippen molar-refractivity contribution in [1.29, 1.82) is 0 Å². The molecule has 1 aromatic rings. The molecule has 2 aliphatic rings. The van der Waals surface area contributed by atoms with E-state index in [4.69, 9.17) is 13.8 Å². The van der Waals surface area contributed by atoms with Crippen molar-refractivity contribution in [3.8, 4) is 5.75 Å².